The molecule has 5 nitrogen and oxygen atoms in total. The Morgan fingerprint density at radius 2 is 2.17 bits per heavy atom. The van der Waals surface area contributed by atoms with Gasteiger partial charge in [0, 0.05) is 11.9 Å². The average molecular weight is 242 g/mol. The van der Waals surface area contributed by atoms with E-state index in [1.807, 2.05) is 22.8 Å². The van der Waals surface area contributed by atoms with Gasteiger partial charge >= 0.3 is 0 Å². The molecule has 5 heteroatoms. The second kappa shape index (κ2) is 3.87. The molecule has 1 aromatic carbocycles. The fourth-order valence-electron chi connectivity index (χ4n) is 2.62. The molecule has 1 aromatic heterocycles. The second-order valence-corrected chi connectivity index (χ2v) is 4.48. The molecule has 18 heavy (non-hydrogen) atoms. The maximum absolute atomic E-state index is 12.0. The molecule has 0 unspecified atom stereocenters. The van der Waals surface area contributed by atoms with Crippen molar-refractivity contribution < 1.29 is 4.79 Å². The van der Waals surface area contributed by atoms with Gasteiger partial charge in [-0.1, -0.05) is 18.2 Å². The molecule has 2 heterocycles. The summed E-state index contributed by atoms with van der Waals surface area (Å²) < 4.78 is 2.02. The highest BCUT2D eigenvalue weighted by molar-refractivity contribution is 6.04. The van der Waals surface area contributed by atoms with Crippen molar-refractivity contribution in [3.05, 3.63) is 35.5 Å². The maximum Gasteiger partial charge on any atom is 0.296 e. The molecule has 3 rings (SSSR count). The Balaban J connectivity index is 2.23. The lowest BCUT2D eigenvalue weighted by molar-refractivity contribution is 0.0994. The van der Waals surface area contributed by atoms with Gasteiger partial charge in [0.05, 0.1) is 5.52 Å². The average Bonchev–Trinajstić information content (AvgIpc) is 2.70. The number of nitrogens with zero attached hydrogens (tertiary/aromatic N) is 2. The zero-order valence-corrected chi connectivity index (χ0v) is 9.89. The lowest BCUT2D eigenvalue weighted by Gasteiger charge is -2.16. The largest absolute Gasteiger partial charge is 0.370 e. The van der Waals surface area contributed by atoms with Crippen LogP contribution in [-0.2, 0) is 13.0 Å². The van der Waals surface area contributed by atoms with E-state index in [2.05, 4.69) is 11.1 Å². The van der Waals surface area contributed by atoms with E-state index in [4.69, 9.17) is 11.5 Å². The molecule has 0 bridgehead atoms. The molecule has 92 valence electrons. The van der Waals surface area contributed by atoms with Crippen molar-refractivity contribution in [1.82, 2.24) is 4.57 Å². The Labute approximate surface area is 104 Å². The predicted molar refractivity (Wildman–Crippen MR) is 70.4 cm³/mol. The highest BCUT2D eigenvalue weighted by atomic mass is 16.1. The van der Waals surface area contributed by atoms with E-state index in [9.17, 15) is 4.79 Å². The van der Waals surface area contributed by atoms with Crippen LogP contribution in [0.25, 0.3) is 10.9 Å². The summed E-state index contributed by atoms with van der Waals surface area (Å²) in [5, 5.41) is 1.07. The predicted octanol–water partition coefficient (Wildman–Crippen LogP) is 1.00. The van der Waals surface area contributed by atoms with Gasteiger partial charge in [-0.3, -0.25) is 4.79 Å². The summed E-state index contributed by atoms with van der Waals surface area (Å²) in [5.74, 6) is -0.576. The van der Waals surface area contributed by atoms with Gasteiger partial charge in [-0.15, -0.1) is 0 Å². The first-order valence-corrected chi connectivity index (χ1v) is 5.92. The third-order valence-corrected chi connectivity index (χ3v) is 3.28. The lowest BCUT2D eigenvalue weighted by atomic mass is 10.0. The van der Waals surface area contributed by atoms with Gasteiger partial charge in [0.1, 0.15) is 5.69 Å². The van der Waals surface area contributed by atoms with Crippen molar-refractivity contribution in [1.29, 1.82) is 0 Å². The first-order chi connectivity index (χ1) is 8.66. The number of aromatic nitrogens is 1. The monoisotopic (exact) mass is 242 g/mol. The lowest BCUT2D eigenvalue weighted by Crippen LogP contribution is -2.25. The zero-order valence-electron chi connectivity index (χ0n) is 9.89. The Kier molecular flexibility index (Phi) is 2.33. The summed E-state index contributed by atoms with van der Waals surface area (Å²) in [6, 6.07) is 7.99. The number of nitrogens with two attached hydrogens (primary N) is 2. The first kappa shape index (κ1) is 10.8. The van der Waals surface area contributed by atoms with Crippen molar-refractivity contribution in [3.8, 4) is 0 Å². The molecule has 0 saturated heterocycles. The minimum Gasteiger partial charge on any atom is -0.370 e. The summed E-state index contributed by atoms with van der Waals surface area (Å²) in [4.78, 5) is 15.6. The summed E-state index contributed by atoms with van der Waals surface area (Å²) >= 11 is 0. The molecule has 0 spiro atoms. The van der Waals surface area contributed by atoms with E-state index < -0.39 is 0 Å². The zero-order chi connectivity index (χ0) is 12.7. The van der Waals surface area contributed by atoms with Crippen molar-refractivity contribution in [2.45, 2.75) is 19.4 Å². The van der Waals surface area contributed by atoms with Crippen LogP contribution in [0.3, 0.4) is 0 Å². The number of rotatable bonds is 1. The molecule has 1 aliphatic rings. The first-order valence-electron chi connectivity index (χ1n) is 5.92. The van der Waals surface area contributed by atoms with Gasteiger partial charge in [-0.25, -0.2) is 0 Å². The summed E-state index contributed by atoms with van der Waals surface area (Å²) in [6.07, 6.45) is 2.08. The van der Waals surface area contributed by atoms with Crippen LogP contribution in [-0.4, -0.2) is 16.4 Å². The molecule has 0 atom stereocenters. The van der Waals surface area contributed by atoms with Crippen molar-refractivity contribution in [3.63, 3.8) is 0 Å². The highest BCUT2D eigenvalue weighted by Crippen LogP contribution is 2.28. The standard InChI is InChI=1S/C13H14N4O/c14-13(15)16-12(18)10-7-9-4-1-3-8-5-2-6-17(10)11(8)9/h1,3-4,7H,2,5-6H2,(H4,14,15,16,18). The van der Waals surface area contributed by atoms with Crippen LogP contribution in [0.5, 0.6) is 0 Å². The van der Waals surface area contributed by atoms with Crippen molar-refractivity contribution in [2.75, 3.05) is 0 Å². The fraction of sp³-hybridized carbons (Fsp3) is 0.231. The Hall–Kier alpha value is -2.30. The number of para-hydroxylation sites is 1. The number of carbonyl (C=O) groups excluding carboxylic acids is 1. The SMILES string of the molecule is NC(N)=NC(=O)c1cc2cccc3c2n1CCC3. The molecule has 4 N–H and O–H groups in total. The number of hydrogen-bond donors (Lipinski definition) is 2. The number of carbonyl (C=O) groups is 1. The molecule has 0 saturated carbocycles. The normalized spacial score (nSPS) is 13.6. The van der Waals surface area contributed by atoms with Crippen LogP contribution in [0.15, 0.2) is 29.3 Å². The minimum absolute atomic E-state index is 0.200. The van der Waals surface area contributed by atoms with E-state index >= 15 is 0 Å². The maximum atomic E-state index is 12.0. The smallest absolute Gasteiger partial charge is 0.296 e. The van der Waals surface area contributed by atoms with Crippen molar-refractivity contribution in [2.24, 2.45) is 16.5 Å². The molecule has 0 radical (unpaired) electrons. The molecular formula is C13H14N4O. The number of hydrogen-bond acceptors (Lipinski definition) is 1. The molecular weight excluding hydrogens is 228 g/mol. The molecule has 1 amide bonds. The number of aryl methyl sites for hydroxylation is 2. The summed E-state index contributed by atoms with van der Waals surface area (Å²) in [6.45, 7) is 0.835. The fourth-order valence-corrected chi connectivity index (χ4v) is 2.62. The van der Waals surface area contributed by atoms with Crippen molar-refractivity contribution >= 4 is 22.8 Å². The van der Waals surface area contributed by atoms with Crippen LogP contribution in [0.2, 0.25) is 0 Å². The van der Waals surface area contributed by atoms with Gasteiger partial charge in [0.15, 0.2) is 5.96 Å². The van der Waals surface area contributed by atoms with Crippen LogP contribution < -0.4 is 11.5 Å². The molecule has 0 aliphatic carbocycles. The van der Waals surface area contributed by atoms with E-state index in [0.717, 1.165) is 30.3 Å². The topological polar surface area (TPSA) is 86.4 Å². The third-order valence-electron chi connectivity index (χ3n) is 3.28. The number of guanidine groups is 1. The number of amides is 1. The van der Waals surface area contributed by atoms with Crippen LogP contribution in [0.4, 0.5) is 0 Å². The Morgan fingerprint density at radius 1 is 1.33 bits per heavy atom. The van der Waals surface area contributed by atoms with Gasteiger partial charge in [-0.2, -0.15) is 4.99 Å². The van der Waals surface area contributed by atoms with Gasteiger partial charge < -0.3 is 16.0 Å². The second-order valence-electron chi connectivity index (χ2n) is 4.48. The van der Waals surface area contributed by atoms with Crippen LogP contribution in [0, 0.1) is 0 Å². The minimum atomic E-state index is -0.376. The van der Waals surface area contributed by atoms with E-state index in [-0.39, 0.29) is 11.9 Å². The van der Waals surface area contributed by atoms with Crippen LogP contribution in [0.1, 0.15) is 22.5 Å². The van der Waals surface area contributed by atoms with Gasteiger partial charge in [-0.05, 0) is 24.5 Å². The number of aliphatic imine (C=N–C) groups is 1. The quantitative estimate of drug-likeness (QED) is 0.577. The summed E-state index contributed by atoms with van der Waals surface area (Å²) in [7, 11) is 0. The molecule has 2 aromatic rings. The highest BCUT2D eigenvalue weighted by Gasteiger charge is 2.19. The van der Waals surface area contributed by atoms with Gasteiger partial charge in [0.2, 0.25) is 0 Å². The molecule has 1 aliphatic heterocycles. The third kappa shape index (κ3) is 1.55. The number of benzene rings is 1. The van der Waals surface area contributed by atoms with E-state index in [1.54, 1.807) is 0 Å². The van der Waals surface area contributed by atoms with E-state index in [1.165, 1.54) is 5.56 Å². The Bertz CT molecular complexity index is 665. The van der Waals surface area contributed by atoms with E-state index in [0.29, 0.717) is 5.69 Å². The molecule has 0 fully saturated rings. The Morgan fingerprint density at radius 3 is 2.94 bits per heavy atom. The summed E-state index contributed by atoms with van der Waals surface area (Å²) in [5.41, 5.74) is 13.5. The van der Waals surface area contributed by atoms with Crippen LogP contribution >= 0.6 is 0 Å². The van der Waals surface area contributed by atoms with Gasteiger partial charge in [0.25, 0.3) is 5.91 Å².